The molecule has 0 spiro atoms. The van der Waals surface area contributed by atoms with Crippen LogP contribution in [0.4, 0.5) is 18.9 Å². The number of halogens is 3. The summed E-state index contributed by atoms with van der Waals surface area (Å²) in [6, 6.07) is 5.12. The van der Waals surface area contributed by atoms with Gasteiger partial charge in [0.1, 0.15) is 28.6 Å². The second-order valence-corrected chi connectivity index (χ2v) is 8.45. The van der Waals surface area contributed by atoms with Crippen molar-refractivity contribution in [2.45, 2.75) is 12.0 Å². The molecule has 2 saturated heterocycles. The number of rotatable bonds is 4. The summed E-state index contributed by atoms with van der Waals surface area (Å²) in [5.74, 6) is -3.93. The molecular weight excluding hydrogens is 439 g/mol. The lowest BCUT2D eigenvalue weighted by Crippen LogP contribution is -2.44. The highest BCUT2D eigenvalue weighted by Crippen LogP contribution is 2.41. The van der Waals surface area contributed by atoms with E-state index in [1.54, 1.807) is 4.90 Å². The van der Waals surface area contributed by atoms with Gasteiger partial charge in [0.2, 0.25) is 5.43 Å². The van der Waals surface area contributed by atoms with Gasteiger partial charge in [-0.3, -0.25) is 4.79 Å². The smallest absolute Gasteiger partial charge is 0.341 e. The molecule has 1 aromatic heterocycles. The molecule has 172 valence electrons. The lowest BCUT2D eigenvalue weighted by atomic mass is 9.91. The maximum atomic E-state index is 15.2. The van der Waals surface area contributed by atoms with E-state index in [4.69, 9.17) is 10.5 Å². The largest absolute Gasteiger partial charge is 0.477 e. The molecule has 3 aromatic rings. The number of fused-ring (bicyclic) bond motifs is 2. The van der Waals surface area contributed by atoms with Crippen molar-refractivity contribution in [3.8, 4) is 5.69 Å². The second-order valence-electron chi connectivity index (χ2n) is 8.45. The van der Waals surface area contributed by atoms with E-state index in [1.807, 2.05) is 0 Å². The number of anilines is 1. The summed E-state index contributed by atoms with van der Waals surface area (Å²) in [5.41, 5.74) is 3.87. The van der Waals surface area contributed by atoms with Gasteiger partial charge in [0, 0.05) is 49.8 Å². The number of aromatic nitrogens is 1. The highest BCUT2D eigenvalue weighted by molar-refractivity contribution is 5.94. The Labute approximate surface area is 185 Å². The van der Waals surface area contributed by atoms with Crippen LogP contribution < -0.4 is 16.1 Å². The summed E-state index contributed by atoms with van der Waals surface area (Å²) in [6.45, 7) is 1.69. The zero-order valence-electron chi connectivity index (χ0n) is 17.4. The summed E-state index contributed by atoms with van der Waals surface area (Å²) in [4.78, 5) is 26.2. The lowest BCUT2D eigenvalue weighted by Gasteiger charge is -2.27. The van der Waals surface area contributed by atoms with Crippen molar-refractivity contribution in [2.24, 2.45) is 11.7 Å². The van der Waals surface area contributed by atoms with Crippen LogP contribution in [0.3, 0.4) is 0 Å². The summed E-state index contributed by atoms with van der Waals surface area (Å²) in [5, 5.41) is 9.23. The van der Waals surface area contributed by atoms with E-state index in [9.17, 15) is 23.5 Å². The van der Waals surface area contributed by atoms with E-state index >= 15 is 4.39 Å². The van der Waals surface area contributed by atoms with Gasteiger partial charge in [-0.05, 0) is 30.7 Å². The molecule has 2 atom stereocenters. The Kier molecular flexibility index (Phi) is 4.95. The Bertz CT molecular complexity index is 1360. The van der Waals surface area contributed by atoms with Crippen LogP contribution in [-0.2, 0) is 4.74 Å². The molecule has 3 N–H and O–H groups in total. The van der Waals surface area contributed by atoms with Crippen LogP contribution in [0.5, 0.6) is 0 Å². The average molecular weight is 459 g/mol. The SMILES string of the molecule is NCC12CN(c3cc4c(cc3F)c(=O)c(C(=O)O)cn4-c3ccc(F)cc3F)CC1CCO2. The predicted octanol–water partition coefficient (Wildman–Crippen LogP) is 2.66. The van der Waals surface area contributed by atoms with Crippen LogP contribution in [0.25, 0.3) is 16.6 Å². The molecule has 0 radical (unpaired) electrons. The van der Waals surface area contributed by atoms with Gasteiger partial charge in [-0.2, -0.15) is 0 Å². The fourth-order valence-corrected chi connectivity index (χ4v) is 4.95. The summed E-state index contributed by atoms with van der Waals surface area (Å²) < 4.78 is 50.3. The van der Waals surface area contributed by atoms with Crippen molar-refractivity contribution >= 4 is 22.6 Å². The van der Waals surface area contributed by atoms with Gasteiger partial charge in [-0.1, -0.05) is 0 Å². The van der Waals surface area contributed by atoms with Gasteiger partial charge < -0.3 is 25.0 Å². The number of hydrogen-bond donors (Lipinski definition) is 2. The van der Waals surface area contributed by atoms with Crippen LogP contribution in [0, 0.1) is 23.4 Å². The molecule has 0 bridgehead atoms. The minimum absolute atomic E-state index is 0.0895. The molecule has 5 rings (SSSR count). The predicted molar refractivity (Wildman–Crippen MR) is 114 cm³/mol. The number of hydrogen-bond acceptors (Lipinski definition) is 5. The van der Waals surface area contributed by atoms with E-state index in [1.165, 1.54) is 6.07 Å². The van der Waals surface area contributed by atoms with Crippen LogP contribution in [-0.4, -0.2) is 47.5 Å². The first-order chi connectivity index (χ1) is 15.7. The molecule has 2 fully saturated rings. The number of nitrogens with two attached hydrogens (primary N) is 1. The Morgan fingerprint density at radius 2 is 1.94 bits per heavy atom. The summed E-state index contributed by atoms with van der Waals surface area (Å²) >= 11 is 0. The normalized spacial score (nSPS) is 22.2. The van der Waals surface area contributed by atoms with Crippen molar-refractivity contribution < 1.29 is 27.8 Å². The molecule has 2 aliphatic rings. The standard InChI is InChI=1S/C23H20F3N3O4/c24-13-1-2-18(16(25)5-13)29-9-15(22(31)32)21(30)14-6-17(26)20(7-19(14)29)28-8-12-3-4-33-23(12,10-27)11-28/h1-2,5-7,9,12H,3-4,8,10-11,27H2,(H,31,32). The number of carboxylic acid groups (broad SMARTS) is 1. The number of aromatic carboxylic acids is 1. The number of benzene rings is 2. The van der Waals surface area contributed by atoms with Crippen LogP contribution in [0.2, 0.25) is 0 Å². The molecule has 0 saturated carbocycles. The third-order valence-corrected chi connectivity index (χ3v) is 6.66. The quantitative estimate of drug-likeness (QED) is 0.623. The van der Waals surface area contributed by atoms with Crippen molar-refractivity contribution in [3.63, 3.8) is 0 Å². The third kappa shape index (κ3) is 3.28. The Morgan fingerprint density at radius 1 is 1.18 bits per heavy atom. The van der Waals surface area contributed by atoms with Crippen LogP contribution >= 0.6 is 0 Å². The number of pyridine rings is 1. The van der Waals surface area contributed by atoms with Gasteiger partial charge in [-0.15, -0.1) is 0 Å². The van der Waals surface area contributed by atoms with E-state index < -0.39 is 40.0 Å². The number of carbonyl (C=O) groups is 1. The van der Waals surface area contributed by atoms with Crippen molar-refractivity contribution in [1.82, 2.24) is 4.57 Å². The summed E-state index contributed by atoms with van der Waals surface area (Å²) in [6.07, 6.45) is 1.75. The number of nitrogens with zero attached hydrogens (tertiary/aromatic N) is 2. The first kappa shape index (κ1) is 21.5. The monoisotopic (exact) mass is 459 g/mol. The molecule has 2 aliphatic heterocycles. The molecule has 33 heavy (non-hydrogen) atoms. The van der Waals surface area contributed by atoms with Crippen molar-refractivity contribution in [3.05, 3.63) is 69.8 Å². The van der Waals surface area contributed by atoms with Gasteiger partial charge in [0.25, 0.3) is 0 Å². The highest BCUT2D eigenvalue weighted by atomic mass is 19.1. The van der Waals surface area contributed by atoms with Gasteiger partial charge in [-0.25, -0.2) is 18.0 Å². The maximum absolute atomic E-state index is 15.2. The Balaban J connectivity index is 1.73. The zero-order valence-corrected chi connectivity index (χ0v) is 17.4. The van der Waals surface area contributed by atoms with E-state index in [0.717, 1.165) is 35.4 Å². The topological polar surface area (TPSA) is 97.8 Å². The average Bonchev–Trinajstić information content (AvgIpc) is 3.32. The van der Waals surface area contributed by atoms with Crippen molar-refractivity contribution in [1.29, 1.82) is 0 Å². The Morgan fingerprint density at radius 3 is 2.61 bits per heavy atom. The highest BCUT2D eigenvalue weighted by Gasteiger charge is 2.50. The maximum Gasteiger partial charge on any atom is 0.341 e. The van der Waals surface area contributed by atoms with E-state index in [-0.39, 0.29) is 34.7 Å². The second kappa shape index (κ2) is 7.60. The lowest BCUT2D eigenvalue weighted by molar-refractivity contribution is 0.0126. The van der Waals surface area contributed by atoms with Gasteiger partial charge in [0.05, 0.1) is 16.9 Å². The van der Waals surface area contributed by atoms with Crippen molar-refractivity contribution in [2.75, 3.05) is 31.1 Å². The molecular formula is C23H20F3N3O4. The number of carboxylic acids is 1. The fraction of sp³-hybridized carbons (Fsp3) is 0.304. The molecule has 2 unspecified atom stereocenters. The molecule has 3 heterocycles. The summed E-state index contributed by atoms with van der Waals surface area (Å²) in [7, 11) is 0. The minimum atomic E-state index is -1.54. The molecule has 0 amide bonds. The van der Waals surface area contributed by atoms with Gasteiger partial charge >= 0.3 is 5.97 Å². The fourth-order valence-electron chi connectivity index (χ4n) is 4.95. The van der Waals surface area contributed by atoms with Crippen LogP contribution in [0.15, 0.2) is 41.3 Å². The molecule has 10 heteroatoms. The minimum Gasteiger partial charge on any atom is -0.477 e. The first-order valence-corrected chi connectivity index (χ1v) is 10.4. The van der Waals surface area contributed by atoms with Gasteiger partial charge in [0.15, 0.2) is 0 Å². The number of ether oxygens (including phenoxy) is 1. The van der Waals surface area contributed by atoms with E-state index in [2.05, 4.69) is 0 Å². The van der Waals surface area contributed by atoms with Crippen LogP contribution in [0.1, 0.15) is 16.8 Å². The Hall–Kier alpha value is -3.37. The zero-order chi connectivity index (χ0) is 23.5. The first-order valence-electron chi connectivity index (χ1n) is 10.4. The molecule has 7 nitrogen and oxygen atoms in total. The van der Waals surface area contributed by atoms with E-state index in [0.29, 0.717) is 25.8 Å². The molecule has 2 aromatic carbocycles. The molecule has 0 aliphatic carbocycles. The third-order valence-electron chi connectivity index (χ3n) is 6.66.